The maximum absolute atomic E-state index is 3.91. The van der Waals surface area contributed by atoms with Crippen molar-refractivity contribution in [3.63, 3.8) is 0 Å². The fraction of sp³-hybridized carbons (Fsp3) is 0. The van der Waals surface area contributed by atoms with Crippen LogP contribution in [0.5, 0.6) is 0 Å². The highest BCUT2D eigenvalue weighted by molar-refractivity contribution is 9.10. The molecule has 0 amide bonds. The summed E-state index contributed by atoms with van der Waals surface area (Å²) in [6, 6.07) is 81.0. The van der Waals surface area contributed by atoms with Crippen LogP contribution in [-0.4, -0.2) is 8.07 Å². The molecular formula is C48H37BrN2Si. The molecule has 0 radical (unpaired) electrons. The van der Waals surface area contributed by atoms with Gasteiger partial charge in [0.2, 0.25) is 0 Å². The smallest absolute Gasteiger partial charge is 0.179 e. The van der Waals surface area contributed by atoms with Crippen LogP contribution in [0.4, 0.5) is 34.1 Å². The third kappa shape index (κ3) is 6.50. The van der Waals surface area contributed by atoms with Crippen molar-refractivity contribution >= 4 is 78.9 Å². The lowest BCUT2D eigenvalue weighted by atomic mass is 10.1. The first kappa shape index (κ1) is 33.2. The molecule has 0 N–H and O–H groups in total. The molecule has 0 spiro atoms. The van der Waals surface area contributed by atoms with Gasteiger partial charge in [-0.25, -0.2) is 0 Å². The average Bonchev–Trinajstić information content (AvgIpc) is 3.21. The summed E-state index contributed by atoms with van der Waals surface area (Å²) >= 11 is 3.91. The first-order chi connectivity index (χ1) is 25.7. The molecular weight excluding hydrogens is 713 g/mol. The molecule has 8 rings (SSSR count). The van der Waals surface area contributed by atoms with Crippen molar-refractivity contribution in [3.8, 4) is 0 Å². The van der Waals surface area contributed by atoms with Crippen LogP contribution in [0.25, 0.3) is 0 Å². The van der Waals surface area contributed by atoms with Gasteiger partial charge in [-0.2, -0.15) is 0 Å². The van der Waals surface area contributed by atoms with Crippen LogP contribution in [0, 0.1) is 0 Å². The summed E-state index contributed by atoms with van der Waals surface area (Å²) in [5, 5.41) is 5.41. The molecule has 4 heteroatoms. The van der Waals surface area contributed by atoms with E-state index in [1.165, 1.54) is 20.7 Å². The molecule has 2 nitrogen and oxygen atoms in total. The minimum absolute atomic E-state index is 0.998. The molecule has 0 aliphatic heterocycles. The second-order valence-corrected chi connectivity index (χ2v) is 17.5. The standard InChI is InChI=1S/C48H37BrN2Si/c49-38-35-43(50(39-19-7-1-8-20-39)40-21-9-2-10-22-40)37-44(36-38)51(41-23-11-3-12-24-41)42-31-33-48(34-32-42)52(45-25-13-4-14-26-45,46-27-15-5-16-28-46)47-29-17-6-18-30-47/h1-37H. The first-order valence-electron chi connectivity index (χ1n) is 17.5. The van der Waals surface area contributed by atoms with Gasteiger partial charge in [0.1, 0.15) is 0 Å². The molecule has 0 saturated heterocycles. The van der Waals surface area contributed by atoms with Crippen molar-refractivity contribution in [2.75, 3.05) is 9.80 Å². The molecule has 250 valence electrons. The fourth-order valence-electron chi connectivity index (χ4n) is 7.37. The van der Waals surface area contributed by atoms with Crippen LogP contribution in [0.1, 0.15) is 0 Å². The zero-order chi connectivity index (χ0) is 35.2. The third-order valence-electron chi connectivity index (χ3n) is 9.61. The van der Waals surface area contributed by atoms with Crippen LogP contribution in [-0.2, 0) is 0 Å². The van der Waals surface area contributed by atoms with Gasteiger partial charge in [-0.1, -0.05) is 174 Å². The topological polar surface area (TPSA) is 6.48 Å². The Labute approximate surface area is 316 Å². The molecule has 0 saturated carbocycles. The molecule has 0 atom stereocenters. The van der Waals surface area contributed by atoms with Gasteiger partial charge in [0.25, 0.3) is 0 Å². The van der Waals surface area contributed by atoms with Crippen molar-refractivity contribution in [1.82, 2.24) is 0 Å². The predicted molar refractivity (Wildman–Crippen MR) is 227 cm³/mol. The van der Waals surface area contributed by atoms with Gasteiger partial charge in [0, 0.05) is 38.6 Å². The minimum atomic E-state index is -2.66. The second kappa shape index (κ2) is 15.1. The number of rotatable bonds is 10. The monoisotopic (exact) mass is 748 g/mol. The lowest BCUT2D eigenvalue weighted by Gasteiger charge is -2.35. The molecule has 0 aliphatic rings. The largest absolute Gasteiger partial charge is 0.310 e. The summed E-state index contributed by atoms with van der Waals surface area (Å²) in [5.74, 6) is 0. The van der Waals surface area contributed by atoms with Crippen LogP contribution < -0.4 is 30.5 Å². The van der Waals surface area contributed by atoms with Crippen LogP contribution in [0.15, 0.2) is 229 Å². The van der Waals surface area contributed by atoms with E-state index in [2.05, 4.69) is 250 Å². The summed E-state index contributed by atoms with van der Waals surface area (Å²) in [5.41, 5.74) is 6.47. The zero-order valence-electron chi connectivity index (χ0n) is 28.6. The Morgan fingerprint density at radius 1 is 0.269 bits per heavy atom. The molecule has 0 heterocycles. The molecule has 0 fully saturated rings. The highest BCUT2D eigenvalue weighted by atomic mass is 79.9. The first-order valence-corrected chi connectivity index (χ1v) is 20.3. The molecule has 8 aromatic carbocycles. The quantitative estimate of drug-likeness (QED) is 0.101. The van der Waals surface area contributed by atoms with E-state index in [1.807, 2.05) is 0 Å². The van der Waals surface area contributed by atoms with Gasteiger partial charge in [-0.05, 0) is 87.5 Å². The Hall–Kier alpha value is -5.94. The van der Waals surface area contributed by atoms with Gasteiger partial charge in [0.05, 0.1) is 0 Å². The van der Waals surface area contributed by atoms with Crippen molar-refractivity contribution in [2.24, 2.45) is 0 Å². The molecule has 8 aromatic rings. The average molecular weight is 750 g/mol. The molecule has 0 unspecified atom stereocenters. The van der Waals surface area contributed by atoms with Crippen LogP contribution in [0.3, 0.4) is 0 Å². The SMILES string of the molecule is Brc1cc(N(c2ccccc2)c2ccccc2)cc(N(c2ccccc2)c2ccc([Si](c3ccccc3)(c3ccccc3)c3ccccc3)cc2)c1. The van der Waals surface area contributed by atoms with Gasteiger partial charge in [-0.15, -0.1) is 0 Å². The highest BCUT2D eigenvalue weighted by Crippen LogP contribution is 2.42. The Morgan fingerprint density at radius 2 is 0.538 bits per heavy atom. The summed E-state index contributed by atoms with van der Waals surface area (Å²) < 4.78 is 0.998. The highest BCUT2D eigenvalue weighted by Gasteiger charge is 2.41. The van der Waals surface area contributed by atoms with Gasteiger partial charge >= 0.3 is 0 Å². The van der Waals surface area contributed by atoms with E-state index in [-0.39, 0.29) is 0 Å². The van der Waals surface area contributed by atoms with E-state index in [9.17, 15) is 0 Å². The number of benzene rings is 8. The lowest BCUT2D eigenvalue weighted by Crippen LogP contribution is -2.74. The van der Waals surface area contributed by atoms with E-state index >= 15 is 0 Å². The number of nitrogens with zero attached hydrogens (tertiary/aromatic N) is 2. The summed E-state index contributed by atoms with van der Waals surface area (Å²) in [6.07, 6.45) is 0. The Kier molecular flexibility index (Phi) is 9.66. The third-order valence-corrected chi connectivity index (χ3v) is 14.9. The van der Waals surface area contributed by atoms with Gasteiger partial charge in [0.15, 0.2) is 8.07 Å². The summed E-state index contributed by atoms with van der Waals surface area (Å²) in [7, 11) is -2.66. The fourth-order valence-corrected chi connectivity index (χ4v) is 12.6. The summed E-state index contributed by atoms with van der Waals surface area (Å²) in [4.78, 5) is 4.66. The maximum Gasteiger partial charge on any atom is 0.179 e. The maximum atomic E-state index is 3.91. The summed E-state index contributed by atoms with van der Waals surface area (Å²) in [6.45, 7) is 0. The molecule has 0 bridgehead atoms. The van der Waals surface area contributed by atoms with Gasteiger partial charge < -0.3 is 9.80 Å². The lowest BCUT2D eigenvalue weighted by molar-refractivity contribution is 1.24. The van der Waals surface area contributed by atoms with E-state index in [4.69, 9.17) is 0 Å². The van der Waals surface area contributed by atoms with E-state index in [1.54, 1.807) is 0 Å². The Morgan fingerprint density at radius 3 is 0.865 bits per heavy atom. The van der Waals surface area contributed by atoms with Gasteiger partial charge in [-0.3, -0.25) is 0 Å². The minimum Gasteiger partial charge on any atom is -0.310 e. The number of hydrogen-bond acceptors (Lipinski definition) is 2. The second-order valence-electron chi connectivity index (χ2n) is 12.7. The zero-order valence-corrected chi connectivity index (χ0v) is 31.2. The van der Waals surface area contributed by atoms with E-state index in [0.717, 1.165) is 38.6 Å². The van der Waals surface area contributed by atoms with E-state index < -0.39 is 8.07 Å². The van der Waals surface area contributed by atoms with Crippen molar-refractivity contribution in [2.45, 2.75) is 0 Å². The number of hydrogen-bond donors (Lipinski definition) is 0. The Balaban J connectivity index is 1.30. The number of anilines is 6. The number of para-hydroxylation sites is 3. The Bertz CT molecular complexity index is 2200. The van der Waals surface area contributed by atoms with E-state index in [0.29, 0.717) is 0 Å². The normalized spacial score (nSPS) is 11.2. The molecule has 0 aromatic heterocycles. The van der Waals surface area contributed by atoms with Crippen molar-refractivity contribution in [3.05, 3.63) is 229 Å². The van der Waals surface area contributed by atoms with Crippen LogP contribution in [0.2, 0.25) is 0 Å². The van der Waals surface area contributed by atoms with Crippen molar-refractivity contribution in [1.29, 1.82) is 0 Å². The molecule has 52 heavy (non-hydrogen) atoms. The number of halogens is 1. The predicted octanol–water partition coefficient (Wildman–Crippen LogP) is 10.8. The van der Waals surface area contributed by atoms with Crippen molar-refractivity contribution < 1.29 is 0 Å². The van der Waals surface area contributed by atoms with Crippen LogP contribution >= 0.6 is 15.9 Å². The molecule has 0 aliphatic carbocycles.